The summed E-state index contributed by atoms with van der Waals surface area (Å²) in [5.74, 6) is -0.273. The summed E-state index contributed by atoms with van der Waals surface area (Å²) in [6.45, 7) is 2.16. The number of rotatable bonds is 8. The summed E-state index contributed by atoms with van der Waals surface area (Å²) in [6, 6.07) is 13.3. The van der Waals surface area contributed by atoms with Gasteiger partial charge in [0.25, 0.3) is 11.1 Å². The highest BCUT2D eigenvalue weighted by molar-refractivity contribution is 8.18. The van der Waals surface area contributed by atoms with Gasteiger partial charge in [-0.3, -0.25) is 19.3 Å². The molecule has 1 aliphatic heterocycles. The Balaban J connectivity index is 1.23. The SMILES string of the molecule is Cc1ccc(-c2noc(CCC(=O)NCCN3C(=O)S/C(=C\c4ccc(F)cc4)C3=O)n2)cc1. The molecule has 0 spiro atoms. The van der Waals surface area contributed by atoms with Gasteiger partial charge in [-0.25, -0.2) is 4.39 Å². The summed E-state index contributed by atoms with van der Waals surface area (Å²) in [5.41, 5.74) is 2.57. The van der Waals surface area contributed by atoms with Crippen molar-refractivity contribution in [3.05, 3.63) is 76.3 Å². The van der Waals surface area contributed by atoms with Crippen LogP contribution < -0.4 is 5.32 Å². The molecule has 0 saturated carbocycles. The Hall–Kier alpha value is -3.79. The van der Waals surface area contributed by atoms with Gasteiger partial charge in [0.2, 0.25) is 17.6 Å². The molecule has 34 heavy (non-hydrogen) atoms. The number of nitrogens with zero attached hydrogens (tertiary/aromatic N) is 3. The molecular weight excluding hydrogens is 459 g/mol. The number of nitrogens with one attached hydrogen (secondary N) is 1. The molecule has 2 aromatic carbocycles. The van der Waals surface area contributed by atoms with Crippen molar-refractivity contribution >= 4 is 34.9 Å². The second kappa shape index (κ2) is 10.4. The van der Waals surface area contributed by atoms with Crippen molar-refractivity contribution in [2.75, 3.05) is 13.1 Å². The number of benzene rings is 2. The van der Waals surface area contributed by atoms with E-state index in [-0.39, 0.29) is 42.6 Å². The van der Waals surface area contributed by atoms with Gasteiger partial charge in [-0.15, -0.1) is 0 Å². The first-order chi connectivity index (χ1) is 16.4. The molecule has 1 saturated heterocycles. The van der Waals surface area contributed by atoms with Crippen molar-refractivity contribution in [1.82, 2.24) is 20.4 Å². The average molecular weight is 481 g/mol. The van der Waals surface area contributed by atoms with E-state index < -0.39 is 11.1 Å². The molecule has 1 fully saturated rings. The number of carbonyl (C=O) groups excluding carboxylic acids is 3. The van der Waals surface area contributed by atoms with Crippen LogP contribution >= 0.6 is 11.8 Å². The Bertz CT molecular complexity index is 1240. The molecule has 1 N–H and O–H groups in total. The third kappa shape index (κ3) is 5.76. The van der Waals surface area contributed by atoms with Crippen molar-refractivity contribution in [1.29, 1.82) is 0 Å². The molecular formula is C24H21FN4O4S. The van der Waals surface area contributed by atoms with Gasteiger partial charge in [0, 0.05) is 31.5 Å². The van der Waals surface area contributed by atoms with Crippen molar-refractivity contribution < 1.29 is 23.3 Å². The number of hydrogen-bond donors (Lipinski definition) is 1. The lowest BCUT2D eigenvalue weighted by molar-refractivity contribution is -0.124. The summed E-state index contributed by atoms with van der Waals surface area (Å²) in [5, 5.41) is 6.22. The summed E-state index contributed by atoms with van der Waals surface area (Å²) < 4.78 is 18.3. The summed E-state index contributed by atoms with van der Waals surface area (Å²) >= 11 is 0.813. The zero-order valence-electron chi connectivity index (χ0n) is 18.3. The Morgan fingerprint density at radius 1 is 1.15 bits per heavy atom. The van der Waals surface area contributed by atoms with Gasteiger partial charge in [-0.1, -0.05) is 47.1 Å². The monoisotopic (exact) mass is 480 g/mol. The fourth-order valence-electron chi connectivity index (χ4n) is 3.20. The number of hydrogen-bond acceptors (Lipinski definition) is 7. The van der Waals surface area contributed by atoms with Crippen LogP contribution in [0.5, 0.6) is 0 Å². The Morgan fingerprint density at radius 2 is 1.88 bits per heavy atom. The number of aryl methyl sites for hydroxylation is 2. The molecule has 0 aliphatic carbocycles. The normalized spacial score (nSPS) is 14.8. The molecule has 3 amide bonds. The van der Waals surface area contributed by atoms with Crippen LogP contribution in [0, 0.1) is 12.7 Å². The van der Waals surface area contributed by atoms with Crippen LogP contribution in [0.3, 0.4) is 0 Å². The molecule has 0 unspecified atom stereocenters. The minimum absolute atomic E-state index is 0.0509. The quantitative estimate of drug-likeness (QED) is 0.486. The van der Waals surface area contributed by atoms with Crippen LogP contribution in [0.25, 0.3) is 17.5 Å². The van der Waals surface area contributed by atoms with E-state index in [0.717, 1.165) is 27.8 Å². The minimum Gasteiger partial charge on any atom is -0.354 e. The van der Waals surface area contributed by atoms with Gasteiger partial charge in [0.1, 0.15) is 5.82 Å². The van der Waals surface area contributed by atoms with Crippen molar-refractivity contribution in [3.63, 3.8) is 0 Å². The zero-order chi connectivity index (χ0) is 24.1. The van der Waals surface area contributed by atoms with E-state index in [0.29, 0.717) is 17.3 Å². The Kier molecular flexibility index (Phi) is 7.17. The molecule has 3 aromatic rings. The first-order valence-corrected chi connectivity index (χ1v) is 11.4. The van der Waals surface area contributed by atoms with Crippen LogP contribution in [0.1, 0.15) is 23.4 Å². The van der Waals surface area contributed by atoms with Crippen LogP contribution in [-0.4, -0.2) is 45.2 Å². The van der Waals surface area contributed by atoms with Gasteiger partial charge in [-0.2, -0.15) is 4.98 Å². The molecule has 8 nitrogen and oxygen atoms in total. The second-order valence-corrected chi connectivity index (χ2v) is 8.61. The summed E-state index contributed by atoms with van der Waals surface area (Å²) in [6.07, 6.45) is 1.94. The molecule has 0 bridgehead atoms. The number of aromatic nitrogens is 2. The van der Waals surface area contributed by atoms with E-state index >= 15 is 0 Å². The Labute approximate surface area is 199 Å². The lowest BCUT2D eigenvalue weighted by Crippen LogP contribution is -2.37. The lowest BCUT2D eigenvalue weighted by Gasteiger charge is -2.12. The highest BCUT2D eigenvalue weighted by atomic mass is 32.2. The fourth-order valence-corrected chi connectivity index (χ4v) is 4.06. The molecule has 0 radical (unpaired) electrons. The van der Waals surface area contributed by atoms with E-state index in [1.807, 2.05) is 31.2 Å². The van der Waals surface area contributed by atoms with Crippen molar-refractivity contribution in [2.45, 2.75) is 19.8 Å². The number of thioether (sulfide) groups is 1. The number of halogens is 1. The predicted octanol–water partition coefficient (Wildman–Crippen LogP) is 3.97. The molecule has 1 aliphatic rings. The van der Waals surface area contributed by atoms with Gasteiger partial charge in [0.15, 0.2) is 0 Å². The van der Waals surface area contributed by atoms with Crippen LogP contribution in [0.15, 0.2) is 58.0 Å². The predicted molar refractivity (Wildman–Crippen MR) is 125 cm³/mol. The third-order valence-electron chi connectivity index (χ3n) is 5.04. The zero-order valence-corrected chi connectivity index (χ0v) is 19.1. The van der Waals surface area contributed by atoms with Gasteiger partial charge in [-0.05, 0) is 42.5 Å². The van der Waals surface area contributed by atoms with E-state index in [9.17, 15) is 18.8 Å². The van der Waals surface area contributed by atoms with Crippen molar-refractivity contribution in [3.8, 4) is 11.4 Å². The largest absolute Gasteiger partial charge is 0.354 e. The Morgan fingerprint density at radius 3 is 2.62 bits per heavy atom. The molecule has 4 rings (SSSR count). The van der Waals surface area contributed by atoms with Gasteiger partial charge < -0.3 is 9.84 Å². The first kappa shape index (κ1) is 23.4. The highest BCUT2D eigenvalue weighted by Crippen LogP contribution is 2.31. The van der Waals surface area contributed by atoms with E-state index in [1.165, 1.54) is 30.3 Å². The van der Waals surface area contributed by atoms with E-state index in [2.05, 4.69) is 15.5 Å². The van der Waals surface area contributed by atoms with Crippen LogP contribution in [0.4, 0.5) is 9.18 Å². The smallest absolute Gasteiger partial charge is 0.293 e. The maximum absolute atomic E-state index is 13.0. The molecule has 174 valence electrons. The molecule has 1 aromatic heterocycles. The standard InChI is InChI=1S/C24H21FN4O4S/c1-15-2-6-17(7-3-15)22-27-21(33-28-22)11-10-20(30)26-12-13-29-23(31)19(34-24(29)32)14-16-4-8-18(25)9-5-16/h2-9,14H,10-13H2,1H3,(H,26,30)/b19-14-. The number of imide groups is 1. The average Bonchev–Trinajstić information content (AvgIpc) is 3.40. The summed E-state index contributed by atoms with van der Waals surface area (Å²) in [4.78, 5) is 42.5. The fraction of sp³-hybridized carbons (Fsp3) is 0.208. The second-order valence-electron chi connectivity index (χ2n) is 7.61. The molecule has 2 heterocycles. The number of amides is 3. The highest BCUT2D eigenvalue weighted by Gasteiger charge is 2.34. The minimum atomic E-state index is -0.442. The molecule has 0 atom stereocenters. The van der Waals surface area contributed by atoms with Crippen molar-refractivity contribution in [2.24, 2.45) is 0 Å². The maximum Gasteiger partial charge on any atom is 0.293 e. The van der Waals surface area contributed by atoms with Crippen LogP contribution in [0.2, 0.25) is 0 Å². The molecule has 10 heteroatoms. The third-order valence-corrected chi connectivity index (χ3v) is 5.95. The van der Waals surface area contributed by atoms with Gasteiger partial charge in [0.05, 0.1) is 4.91 Å². The topological polar surface area (TPSA) is 105 Å². The van der Waals surface area contributed by atoms with Crippen LogP contribution in [-0.2, 0) is 16.0 Å². The lowest BCUT2D eigenvalue weighted by atomic mass is 10.1. The maximum atomic E-state index is 13.0. The van der Waals surface area contributed by atoms with Gasteiger partial charge >= 0.3 is 0 Å². The van der Waals surface area contributed by atoms with E-state index in [4.69, 9.17) is 4.52 Å². The number of carbonyl (C=O) groups is 3. The summed E-state index contributed by atoms with van der Waals surface area (Å²) in [7, 11) is 0. The first-order valence-electron chi connectivity index (χ1n) is 10.6. The van der Waals surface area contributed by atoms with E-state index in [1.54, 1.807) is 0 Å².